The Hall–Kier alpha value is -0.340. The average molecular weight is 196 g/mol. The molecule has 0 spiro atoms. The second kappa shape index (κ2) is 2.82. The zero-order chi connectivity index (χ0) is 9.53. The van der Waals surface area contributed by atoms with Gasteiger partial charge in [-0.1, -0.05) is 19.9 Å². The van der Waals surface area contributed by atoms with Crippen LogP contribution < -0.4 is 0 Å². The lowest BCUT2D eigenvalue weighted by atomic mass is 9.77. The first-order valence-electron chi connectivity index (χ1n) is 4.83. The third-order valence-electron chi connectivity index (χ3n) is 3.39. The fourth-order valence-corrected chi connectivity index (χ4v) is 3.34. The van der Waals surface area contributed by atoms with Crippen LogP contribution in [0.15, 0.2) is 17.5 Å². The molecule has 0 aliphatic heterocycles. The molecule has 1 atom stereocenters. The molecule has 1 fully saturated rings. The molecule has 2 heteroatoms. The average Bonchev–Trinajstić information content (AvgIpc) is 2.61. The lowest BCUT2D eigenvalue weighted by Crippen LogP contribution is -2.35. The van der Waals surface area contributed by atoms with Crippen molar-refractivity contribution in [3.8, 4) is 0 Å². The summed E-state index contributed by atoms with van der Waals surface area (Å²) >= 11 is 1.67. The van der Waals surface area contributed by atoms with Gasteiger partial charge < -0.3 is 5.11 Å². The summed E-state index contributed by atoms with van der Waals surface area (Å²) in [5.74, 6) is 0. The van der Waals surface area contributed by atoms with Crippen molar-refractivity contribution in [3.05, 3.63) is 22.4 Å². The van der Waals surface area contributed by atoms with Crippen molar-refractivity contribution >= 4 is 11.3 Å². The zero-order valence-corrected chi connectivity index (χ0v) is 9.03. The predicted octanol–water partition coefficient (Wildman–Crippen LogP) is 3.15. The van der Waals surface area contributed by atoms with Crippen molar-refractivity contribution in [3.63, 3.8) is 0 Å². The van der Waals surface area contributed by atoms with E-state index in [1.165, 1.54) is 0 Å². The van der Waals surface area contributed by atoms with Gasteiger partial charge in [-0.2, -0.15) is 0 Å². The summed E-state index contributed by atoms with van der Waals surface area (Å²) in [6, 6.07) is 4.07. The molecule has 0 radical (unpaired) electrons. The van der Waals surface area contributed by atoms with Gasteiger partial charge in [0.25, 0.3) is 0 Å². The smallest absolute Gasteiger partial charge is 0.104 e. The second-order valence-electron chi connectivity index (χ2n) is 4.58. The molecule has 0 amide bonds. The molecule has 13 heavy (non-hydrogen) atoms. The molecule has 0 saturated heterocycles. The van der Waals surface area contributed by atoms with Gasteiger partial charge in [-0.3, -0.25) is 0 Å². The van der Waals surface area contributed by atoms with Crippen LogP contribution in [0.1, 0.15) is 38.0 Å². The number of hydrogen-bond acceptors (Lipinski definition) is 2. The van der Waals surface area contributed by atoms with Gasteiger partial charge in [0.1, 0.15) is 5.60 Å². The Balaban J connectivity index is 2.40. The molecule has 0 aromatic carbocycles. The van der Waals surface area contributed by atoms with Crippen LogP contribution in [0.3, 0.4) is 0 Å². The van der Waals surface area contributed by atoms with Crippen molar-refractivity contribution in [1.82, 2.24) is 0 Å². The summed E-state index contributed by atoms with van der Waals surface area (Å²) in [6.07, 6.45) is 3.18. The zero-order valence-electron chi connectivity index (χ0n) is 8.21. The first-order valence-corrected chi connectivity index (χ1v) is 5.71. The Morgan fingerprint density at radius 3 is 2.62 bits per heavy atom. The van der Waals surface area contributed by atoms with Crippen molar-refractivity contribution in [2.45, 2.75) is 38.7 Å². The van der Waals surface area contributed by atoms with Crippen LogP contribution in [-0.2, 0) is 5.60 Å². The van der Waals surface area contributed by atoms with E-state index in [0.29, 0.717) is 0 Å². The second-order valence-corrected chi connectivity index (χ2v) is 5.52. The van der Waals surface area contributed by atoms with E-state index in [4.69, 9.17) is 0 Å². The normalized spacial score (nSPS) is 32.2. The van der Waals surface area contributed by atoms with Gasteiger partial charge in [0.15, 0.2) is 0 Å². The van der Waals surface area contributed by atoms with Crippen LogP contribution in [0.5, 0.6) is 0 Å². The van der Waals surface area contributed by atoms with Crippen molar-refractivity contribution in [1.29, 1.82) is 0 Å². The van der Waals surface area contributed by atoms with Crippen LogP contribution in [0, 0.1) is 5.41 Å². The minimum atomic E-state index is -0.568. The minimum absolute atomic E-state index is 0.0395. The Morgan fingerprint density at radius 1 is 1.38 bits per heavy atom. The number of hydrogen-bond donors (Lipinski definition) is 1. The molecule has 0 bridgehead atoms. The van der Waals surface area contributed by atoms with E-state index < -0.39 is 5.60 Å². The van der Waals surface area contributed by atoms with Gasteiger partial charge in [0.05, 0.1) is 0 Å². The lowest BCUT2D eigenvalue weighted by molar-refractivity contribution is -0.0452. The summed E-state index contributed by atoms with van der Waals surface area (Å²) in [4.78, 5) is 1.13. The third kappa shape index (κ3) is 1.24. The van der Waals surface area contributed by atoms with Gasteiger partial charge in [-0.05, 0) is 36.1 Å². The molecular formula is C11H16OS. The molecule has 2 rings (SSSR count). The molecule has 1 N–H and O–H groups in total. The Kier molecular flexibility index (Phi) is 2.00. The summed E-state index contributed by atoms with van der Waals surface area (Å²) in [6.45, 7) is 4.33. The number of aliphatic hydroxyl groups is 1. The molecule has 1 aromatic rings. The maximum absolute atomic E-state index is 10.6. The maximum atomic E-state index is 10.6. The SMILES string of the molecule is CC1(C)CCCC1(O)c1cccs1. The highest BCUT2D eigenvalue weighted by atomic mass is 32.1. The van der Waals surface area contributed by atoms with Crippen LogP contribution in [0.25, 0.3) is 0 Å². The van der Waals surface area contributed by atoms with E-state index >= 15 is 0 Å². The molecule has 1 aliphatic carbocycles. The van der Waals surface area contributed by atoms with Gasteiger partial charge in [-0.15, -0.1) is 11.3 Å². The molecule has 1 nitrogen and oxygen atoms in total. The van der Waals surface area contributed by atoms with E-state index in [1.807, 2.05) is 11.4 Å². The molecule has 1 aliphatic rings. The summed E-state index contributed by atoms with van der Waals surface area (Å²) < 4.78 is 0. The fourth-order valence-electron chi connectivity index (χ4n) is 2.30. The molecular weight excluding hydrogens is 180 g/mol. The highest BCUT2D eigenvalue weighted by Crippen LogP contribution is 2.53. The number of rotatable bonds is 1. The van der Waals surface area contributed by atoms with Crippen molar-refractivity contribution < 1.29 is 5.11 Å². The van der Waals surface area contributed by atoms with Gasteiger partial charge in [-0.25, -0.2) is 0 Å². The molecule has 1 aromatic heterocycles. The molecule has 72 valence electrons. The van der Waals surface area contributed by atoms with E-state index in [-0.39, 0.29) is 5.41 Å². The van der Waals surface area contributed by atoms with Crippen LogP contribution >= 0.6 is 11.3 Å². The molecule has 1 saturated carbocycles. The quantitative estimate of drug-likeness (QED) is 0.731. The molecule has 1 unspecified atom stereocenters. The van der Waals surface area contributed by atoms with Gasteiger partial charge in [0, 0.05) is 4.88 Å². The van der Waals surface area contributed by atoms with Crippen molar-refractivity contribution in [2.75, 3.05) is 0 Å². The highest BCUT2D eigenvalue weighted by Gasteiger charge is 2.49. The third-order valence-corrected chi connectivity index (χ3v) is 4.41. The highest BCUT2D eigenvalue weighted by molar-refractivity contribution is 7.10. The van der Waals surface area contributed by atoms with Crippen LogP contribution in [0.2, 0.25) is 0 Å². The number of thiophene rings is 1. The minimum Gasteiger partial charge on any atom is -0.384 e. The van der Waals surface area contributed by atoms with E-state index in [9.17, 15) is 5.11 Å². The summed E-state index contributed by atoms with van der Waals surface area (Å²) in [5.41, 5.74) is -0.529. The largest absolute Gasteiger partial charge is 0.384 e. The van der Waals surface area contributed by atoms with Crippen LogP contribution in [-0.4, -0.2) is 5.11 Å². The Morgan fingerprint density at radius 2 is 2.15 bits per heavy atom. The topological polar surface area (TPSA) is 20.2 Å². The summed E-state index contributed by atoms with van der Waals surface area (Å²) in [7, 11) is 0. The van der Waals surface area contributed by atoms with Crippen molar-refractivity contribution in [2.24, 2.45) is 5.41 Å². The lowest BCUT2D eigenvalue weighted by Gasteiger charge is -2.35. The predicted molar refractivity (Wildman–Crippen MR) is 55.8 cm³/mol. The first kappa shape index (κ1) is 9.22. The maximum Gasteiger partial charge on any atom is 0.104 e. The molecule has 1 heterocycles. The fraction of sp³-hybridized carbons (Fsp3) is 0.636. The van der Waals surface area contributed by atoms with E-state index in [2.05, 4.69) is 19.9 Å². The van der Waals surface area contributed by atoms with Gasteiger partial charge in [0.2, 0.25) is 0 Å². The first-order chi connectivity index (χ1) is 6.06. The van der Waals surface area contributed by atoms with Gasteiger partial charge >= 0.3 is 0 Å². The van der Waals surface area contributed by atoms with E-state index in [0.717, 1.165) is 24.1 Å². The standard InChI is InChI=1S/C11H16OS/c1-10(2)6-4-7-11(10,12)9-5-3-8-13-9/h3,5,8,12H,4,6-7H2,1-2H3. The van der Waals surface area contributed by atoms with E-state index in [1.54, 1.807) is 11.3 Å². The Bertz CT molecular complexity index is 289. The Labute approximate surface area is 83.4 Å². The summed E-state index contributed by atoms with van der Waals surface area (Å²) in [5, 5.41) is 12.6. The monoisotopic (exact) mass is 196 g/mol. The van der Waals surface area contributed by atoms with Crippen LogP contribution in [0.4, 0.5) is 0 Å².